The molecule has 0 aliphatic heterocycles. The number of aromatic nitrogens is 1. The number of nitrogens with one attached hydrogen (secondary N) is 2. The molecule has 3 aliphatic rings. The van der Waals surface area contributed by atoms with Crippen molar-refractivity contribution in [3.8, 4) is 11.3 Å². The third-order valence-corrected chi connectivity index (χ3v) is 11.6. The first-order chi connectivity index (χ1) is 25.0. The lowest BCUT2D eigenvalue weighted by molar-refractivity contribution is -0.143. The van der Waals surface area contributed by atoms with Gasteiger partial charge in [0.1, 0.15) is 6.10 Å². The number of rotatable bonds is 14. The number of hydrogen-bond donors (Lipinski definition) is 2. The average Bonchev–Trinajstić information content (AvgIpc) is 4.03. The molecule has 3 saturated carbocycles. The van der Waals surface area contributed by atoms with E-state index in [-0.39, 0.29) is 30.0 Å². The highest BCUT2D eigenvalue weighted by Crippen LogP contribution is 2.43. The van der Waals surface area contributed by atoms with Crippen LogP contribution in [-0.2, 0) is 30.5 Å². The lowest BCUT2D eigenvalue weighted by Crippen LogP contribution is -2.51. The number of unbranched alkanes of at least 4 members (excludes halogenated alkanes) is 2. The quantitative estimate of drug-likeness (QED) is 0.165. The van der Waals surface area contributed by atoms with Crippen LogP contribution in [0.4, 0.5) is 28.4 Å². The van der Waals surface area contributed by atoms with Gasteiger partial charge in [0.25, 0.3) is 0 Å². The highest BCUT2D eigenvalue weighted by atomic mass is 32.2. The maximum Gasteiger partial charge on any atom is 0.416 e. The van der Waals surface area contributed by atoms with Crippen LogP contribution in [0.3, 0.4) is 0 Å². The number of sulfonamides is 1. The standard InChI is InChI=1S/C37H44F3N5O7S/c1-5-7-8-9-17-44(4)33(46)28-20-25(21-29(28)34(47)45(32-18-23(32)6-2)35(48)43-53(50,51)26-14-15-26)52-36(49)42-31-19-24(37(38,39)40)13-16-27(31)30-12-10-11-22(3)41-30/h5-6,10-13,16,19,23,25-26,28-29,32H,1-2,7-9,14-15,17-18,20-21H2,3-4H3,(H,42,49)(H,43,48). The second-order valence-electron chi connectivity index (χ2n) is 13.9. The van der Waals surface area contributed by atoms with Crippen molar-refractivity contribution in [2.45, 2.75) is 81.9 Å². The highest BCUT2D eigenvalue weighted by Gasteiger charge is 2.53. The molecular weight excluding hydrogens is 715 g/mol. The number of amides is 5. The normalized spacial score (nSPS) is 22.3. The number of urea groups is 1. The predicted octanol–water partition coefficient (Wildman–Crippen LogP) is 6.44. The summed E-state index contributed by atoms with van der Waals surface area (Å²) in [5, 5.41) is 1.67. The second-order valence-corrected chi connectivity index (χ2v) is 15.8. The monoisotopic (exact) mass is 759 g/mol. The van der Waals surface area contributed by atoms with Crippen LogP contribution in [0.2, 0.25) is 0 Å². The number of allylic oxidation sites excluding steroid dienone is 1. The number of ether oxygens (including phenoxy) is 1. The van der Waals surface area contributed by atoms with Gasteiger partial charge in [0.05, 0.1) is 34.0 Å². The van der Waals surface area contributed by atoms with Gasteiger partial charge < -0.3 is 9.64 Å². The molecule has 1 aromatic carbocycles. The Morgan fingerprint density at radius 1 is 1.02 bits per heavy atom. The molecule has 0 bridgehead atoms. The molecule has 5 amide bonds. The summed E-state index contributed by atoms with van der Waals surface area (Å²) in [7, 11) is -2.45. The Hall–Kier alpha value is -4.73. The van der Waals surface area contributed by atoms with E-state index >= 15 is 0 Å². The maximum absolute atomic E-state index is 14.3. The largest absolute Gasteiger partial charge is 0.446 e. The van der Waals surface area contributed by atoms with Gasteiger partial charge in [-0.2, -0.15) is 13.2 Å². The number of hydrogen-bond acceptors (Lipinski definition) is 8. The zero-order chi connectivity index (χ0) is 38.7. The Balaban J connectivity index is 1.40. The van der Waals surface area contributed by atoms with Gasteiger partial charge in [0.2, 0.25) is 21.8 Å². The van der Waals surface area contributed by atoms with Crippen molar-refractivity contribution >= 4 is 39.6 Å². The second kappa shape index (κ2) is 16.1. The minimum atomic E-state index is -4.72. The molecule has 2 N–H and O–H groups in total. The van der Waals surface area contributed by atoms with E-state index in [1.54, 1.807) is 44.3 Å². The van der Waals surface area contributed by atoms with E-state index in [1.807, 2.05) is 4.72 Å². The third-order valence-electron chi connectivity index (χ3n) is 9.79. The van der Waals surface area contributed by atoms with Crippen molar-refractivity contribution in [2.75, 3.05) is 18.9 Å². The molecule has 12 nitrogen and oxygen atoms in total. The van der Waals surface area contributed by atoms with Gasteiger partial charge in [-0.15, -0.1) is 13.2 Å². The molecule has 5 rings (SSSR count). The summed E-state index contributed by atoms with van der Waals surface area (Å²) in [6.07, 6.45) is -0.619. The number of imide groups is 1. The van der Waals surface area contributed by atoms with Crippen molar-refractivity contribution in [3.05, 3.63) is 73.0 Å². The van der Waals surface area contributed by atoms with Crippen molar-refractivity contribution in [1.29, 1.82) is 0 Å². The number of benzene rings is 1. The Kier molecular flexibility index (Phi) is 12.0. The molecule has 3 aliphatic carbocycles. The van der Waals surface area contributed by atoms with Crippen LogP contribution >= 0.6 is 0 Å². The molecule has 286 valence electrons. The van der Waals surface area contributed by atoms with Crippen molar-refractivity contribution in [3.63, 3.8) is 0 Å². The van der Waals surface area contributed by atoms with Crippen LogP contribution in [0.25, 0.3) is 11.3 Å². The molecular formula is C37H44F3N5O7S. The van der Waals surface area contributed by atoms with E-state index in [1.165, 1.54) is 11.0 Å². The zero-order valence-corrected chi connectivity index (χ0v) is 30.4. The molecule has 1 heterocycles. The molecule has 0 radical (unpaired) electrons. The SMILES string of the molecule is C=CCCCCN(C)C(=O)C1CC(OC(=O)Nc2cc(C(F)(F)F)ccc2-c2cccc(C)n2)CC1C(=O)N(C(=O)NS(=O)(=O)C1CC1)C1CC1C=C. The Labute approximate surface area is 306 Å². The van der Waals surface area contributed by atoms with Gasteiger partial charge in [0.15, 0.2) is 0 Å². The number of aryl methyl sites for hydroxylation is 1. The van der Waals surface area contributed by atoms with Crippen LogP contribution in [0, 0.1) is 24.7 Å². The highest BCUT2D eigenvalue weighted by molar-refractivity contribution is 7.90. The number of alkyl halides is 3. The van der Waals surface area contributed by atoms with Gasteiger partial charge in [-0.05, 0) is 88.5 Å². The van der Waals surface area contributed by atoms with Crippen molar-refractivity contribution in [1.82, 2.24) is 19.5 Å². The van der Waals surface area contributed by atoms with E-state index in [2.05, 4.69) is 23.5 Å². The summed E-state index contributed by atoms with van der Waals surface area (Å²) in [5.74, 6) is -3.74. The Morgan fingerprint density at radius 2 is 1.72 bits per heavy atom. The summed E-state index contributed by atoms with van der Waals surface area (Å²) >= 11 is 0. The average molecular weight is 760 g/mol. The van der Waals surface area contributed by atoms with Gasteiger partial charge in [0, 0.05) is 30.9 Å². The number of nitrogens with zero attached hydrogens (tertiary/aromatic N) is 3. The van der Waals surface area contributed by atoms with Crippen LogP contribution in [-0.4, -0.2) is 78.1 Å². The van der Waals surface area contributed by atoms with Crippen molar-refractivity contribution in [2.24, 2.45) is 17.8 Å². The van der Waals surface area contributed by atoms with Crippen LogP contribution in [0.1, 0.15) is 62.6 Å². The topological polar surface area (TPSA) is 155 Å². The van der Waals surface area contributed by atoms with Crippen LogP contribution in [0.15, 0.2) is 61.7 Å². The Bertz CT molecular complexity index is 1870. The fourth-order valence-corrected chi connectivity index (χ4v) is 7.94. The molecule has 0 spiro atoms. The smallest absolute Gasteiger partial charge is 0.416 e. The summed E-state index contributed by atoms with van der Waals surface area (Å²) in [5.41, 5.74) is -0.130. The zero-order valence-electron chi connectivity index (χ0n) is 29.6. The molecule has 16 heteroatoms. The van der Waals surface area contributed by atoms with E-state index in [0.717, 1.165) is 29.9 Å². The van der Waals surface area contributed by atoms with E-state index < -0.39 is 74.9 Å². The van der Waals surface area contributed by atoms with Crippen molar-refractivity contribution < 1.29 is 45.5 Å². The molecule has 5 unspecified atom stereocenters. The third kappa shape index (κ3) is 9.64. The number of pyridine rings is 1. The predicted molar refractivity (Wildman–Crippen MR) is 191 cm³/mol. The van der Waals surface area contributed by atoms with Gasteiger partial charge in [-0.25, -0.2) is 22.7 Å². The fraction of sp³-hybridized carbons (Fsp3) is 0.486. The van der Waals surface area contributed by atoms with Gasteiger partial charge in [-0.3, -0.25) is 24.8 Å². The number of halogens is 3. The minimum Gasteiger partial charge on any atom is -0.446 e. The molecule has 1 aromatic heterocycles. The first-order valence-electron chi connectivity index (χ1n) is 17.5. The van der Waals surface area contributed by atoms with E-state index in [0.29, 0.717) is 43.6 Å². The lowest BCUT2D eigenvalue weighted by Gasteiger charge is -2.29. The first-order valence-corrected chi connectivity index (χ1v) is 19.1. The summed E-state index contributed by atoms with van der Waals surface area (Å²) < 4.78 is 74.2. The summed E-state index contributed by atoms with van der Waals surface area (Å²) in [4.78, 5) is 61.7. The molecule has 0 saturated heterocycles. The Morgan fingerprint density at radius 3 is 2.32 bits per heavy atom. The first kappa shape index (κ1) is 39.5. The summed E-state index contributed by atoms with van der Waals surface area (Å²) in [6.45, 7) is 9.50. The van der Waals surface area contributed by atoms with Gasteiger partial charge in [-0.1, -0.05) is 24.3 Å². The van der Waals surface area contributed by atoms with Crippen LogP contribution in [0.5, 0.6) is 0 Å². The molecule has 2 aromatic rings. The minimum absolute atomic E-state index is 0.125. The number of anilines is 1. The number of carbonyl (C=O) groups excluding carboxylic acids is 4. The molecule has 3 fully saturated rings. The summed E-state index contributed by atoms with van der Waals surface area (Å²) in [6, 6.07) is 6.00. The fourth-order valence-electron chi connectivity index (χ4n) is 6.67. The van der Waals surface area contributed by atoms with Gasteiger partial charge >= 0.3 is 18.3 Å². The van der Waals surface area contributed by atoms with E-state index in [4.69, 9.17) is 4.74 Å². The molecule has 5 atom stereocenters. The maximum atomic E-state index is 14.3. The lowest BCUT2D eigenvalue weighted by atomic mass is 9.93. The number of carbonyl (C=O) groups is 4. The molecule has 53 heavy (non-hydrogen) atoms. The van der Waals surface area contributed by atoms with E-state index in [9.17, 15) is 40.8 Å². The van der Waals surface area contributed by atoms with Crippen LogP contribution < -0.4 is 10.0 Å².